The van der Waals surface area contributed by atoms with Crippen molar-refractivity contribution in [1.82, 2.24) is 39.5 Å². The number of amides is 1. The van der Waals surface area contributed by atoms with E-state index in [0.717, 1.165) is 9.87 Å². The summed E-state index contributed by atoms with van der Waals surface area (Å²) in [4.78, 5) is 16.8. The van der Waals surface area contributed by atoms with Crippen molar-refractivity contribution in [1.29, 1.82) is 0 Å². The van der Waals surface area contributed by atoms with Crippen molar-refractivity contribution in [3.05, 3.63) is 120 Å². The van der Waals surface area contributed by atoms with Crippen LogP contribution in [0.2, 0.25) is 0 Å². The van der Waals surface area contributed by atoms with Gasteiger partial charge in [0.2, 0.25) is 25.9 Å². The van der Waals surface area contributed by atoms with Gasteiger partial charge in [-0.15, -0.1) is 10.2 Å². The van der Waals surface area contributed by atoms with Crippen molar-refractivity contribution in [3.8, 4) is 39.8 Å². The molecule has 0 saturated carbocycles. The number of benzene rings is 5. The number of nitrogens with zero attached hydrogens (tertiary/aromatic N) is 6. The zero-order valence-corrected chi connectivity index (χ0v) is 40.5. The lowest BCUT2D eigenvalue weighted by molar-refractivity contribution is 0.0494. The fourth-order valence-electron chi connectivity index (χ4n) is 7.06. The Labute approximate surface area is 397 Å². The Morgan fingerprint density at radius 3 is 1.93 bits per heavy atom. The summed E-state index contributed by atoms with van der Waals surface area (Å²) in [6, 6.07) is 28.6. The minimum absolute atomic E-state index is 0.0996. The van der Waals surface area contributed by atoms with Gasteiger partial charge in [-0.05, 0) is 96.8 Å². The van der Waals surface area contributed by atoms with E-state index in [2.05, 4.69) is 25.3 Å². The predicted octanol–water partition coefficient (Wildman–Crippen LogP) is 5.83. The molecular weight excluding hydrogens is 935 g/mol. The van der Waals surface area contributed by atoms with Crippen LogP contribution in [-0.4, -0.2) is 104 Å². The second kappa shape index (κ2) is 20.7. The first-order valence-corrected chi connectivity index (χ1v) is 24.8. The molecule has 7 aromatic rings. The van der Waals surface area contributed by atoms with Crippen LogP contribution in [0.25, 0.3) is 32.7 Å². The number of carbonyl (C=O) groups is 1. The molecule has 2 heterocycles. The Bertz CT molecular complexity index is 3050. The minimum atomic E-state index is -4.99. The van der Waals surface area contributed by atoms with E-state index in [9.17, 15) is 18.3 Å². The molecule has 0 spiro atoms. The SMILES string of the molecule is COc1ccc(CN(Cc2ccc(OC)cc2)S(=O)(=O)c2c(S(=O)(=O)NC[C@H](O)CNC(=O)OC(C)(C)C)ccc(-c3cccc4sc(N)nc34)c2-c2nnn(Cc3ccc(OC)cc3)n2)cc1. The van der Waals surface area contributed by atoms with Gasteiger partial charge in [0.1, 0.15) is 32.6 Å². The summed E-state index contributed by atoms with van der Waals surface area (Å²) in [6.45, 7) is 3.60. The Morgan fingerprint density at radius 1 is 0.794 bits per heavy atom. The third-order valence-corrected chi connectivity index (χ3v) is 14.6. The van der Waals surface area contributed by atoms with Crippen molar-refractivity contribution >= 4 is 52.8 Å². The van der Waals surface area contributed by atoms with E-state index in [-0.39, 0.29) is 41.7 Å². The largest absolute Gasteiger partial charge is 0.497 e. The van der Waals surface area contributed by atoms with Crippen molar-refractivity contribution in [3.63, 3.8) is 0 Å². The van der Waals surface area contributed by atoms with Crippen molar-refractivity contribution in [2.24, 2.45) is 0 Å². The molecule has 0 unspecified atom stereocenters. The molecule has 5 N–H and O–H groups in total. The molecule has 0 bridgehead atoms. The maximum Gasteiger partial charge on any atom is 0.407 e. The van der Waals surface area contributed by atoms with Gasteiger partial charge in [0.05, 0.1) is 49.8 Å². The molecule has 0 aliphatic carbocycles. The second-order valence-electron chi connectivity index (χ2n) is 16.4. The lowest BCUT2D eigenvalue weighted by Gasteiger charge is -2.26. The van der Waals surface area contributed by atoms with E-state index in [1.54, 1.807) is 101 Å². The molecule has 68 heavy (non-hydrogen) atoms. The number of alkyl carbamates (subject to hydrolysis) is 1. The number of ether oxygens (including phenoxy) is 4. The van der Waals surface area contributed by atoms with Crippen molar-refractivity contribution in [2.45, 2.75) is 61.9 Å². The molecule has 2 aromatic heterocycles. The summed E-state index contributed by atoms with van der Waals surface area (Å²) in [5.41, 5.74) is 8.08. The highest BCUT2D eigenvalue weighted by Crippen LogP contribution is 2.44. The maximum atomic E-state index is 16.0. The molecule has 358 valence electrons. The predicted molar refractivity (Wildman–Crippen MR) is 256 cm³/mol. The summed E-state index contributed by atoms with van der Waals surface area (Å²) < 4.78 is 87.2. The van der Waals surface area contributed by atoms with Gasteiger partial charge in [-0.2, -0.15) is 9.10 Å². The van der Waals surface area contributed by atoms with Crippen molar-refractivity contribution < 1.29 is 45.7 Å². The first kappa shape index (κ1) is 49.2. The van der Waals surface area contributed by atoms with Crippen LogP contribution in [0.5, 0.6) is 17.2 Å². The van der Waals surface area contributed by atoms with E-state index in [0.29, 0.717) is 44.2 Å². The van der Waals surface area contributed by atoms with Crippen LogP contribution in [0.15, 0.2) is 113 Å². The Morgan fingerprint density at radius 2 is 1.37 bits per heavy atom. The molecule has 0 fully saturated rings. The molecule has 0 radical (unpaired) electrons. The summed E-state index contributed by atoms with van der Waals surface area (Å²) in [7, 11) is -5.29. The lowest BCUT2D eigenvalue weighted by Crippen LogP contribution is -2.42. The molecule has 19 nitrogen and oxygen atoms in total. The van der Waals surface area contributed by atoms with Gasteiger partial charge in [-0.1, -0.05) is 65.9 Å². The molecule has 0 saturated heterocycles. The fourth-order valence-corrected chi connectivity index (χ4v) is 11.3. The van der Waals surface area contributed by atoms with E-state index < -0.39 is 60.7 Å². The standard InChI is InChI=1S/C46H51N9O10S3/c1-46(2,3)65-45(57)48-24-32(56)25-49-67(58,59)39-23-22-36(37-8-7-9-38-41(37)50-44(47)66-38)40(43-51-53-55(52-43)28-31-14-20-35(64-6)21-15-31)42(39)68(60,61)54(26-29-10-16-33(62-4)17-11-29)27-30-12-18-34(63-5)19-13-30/h7-23,32,49,56H,24-28H2,1-6H3,(H2,47,50)(H,48,57)/t32-/m1/s1. The van der Waals surface area contributed by atoms with Gasteiger partial charge in [-0.3, -0.25) is 0 Å². The summed E-state index contributed by atoms with van der Waals surface area (Å²) >= 11 is 1.22. The zero-order valence-electron chi connectivity index (χ0n) is 38.0. The number of para-hydroxylation sites is 1. The average molecular weight is 986 g/mol. The lowest BCUT2D eigenvalue weighted by atomic mass is 9.98. The van der Waals surface area contributed by atoms with E-state index in [1.807, 2.05) is 18.2 Å². The smallest absolute Gasteiger partial charge is 0.407 e. The number of nitrogens with two attached hydrogens (primary N) is 1. The molecular formula is C46H51N9O10S3. The van der Waals surface area contributed by atoms with Crippen LogP contribution in [0.3, 0.4) is 0 Å². The van der Waals surface area contributed by atoms with E-state index >= 15 is 8.42 Å². The van der Waals surface area contributed by atoms with Crippen molar-refractivity contribution in [2.75, 3.05) is 40.2 Å². The number of aromatic nitrogens is 5. The topological polar surface area (TPSA) is 252 Å². The second-order valence-corrected chi connectivity index (χ2v) is 21.0. The number of nitrogens with one attached hydrogen (secondary N) is 2. The molecule has 1 atom stereocenters. The van der Waals surface area contributed by atoms with Gasteiger partial charge < -0.3 is 35.1 Å². The molecule has 22 heteroatoms. The first-order chi connectivity index (χ1) is 32.4. The summed E-state index contributed by atoms with van der Waals surface area (Å²) in [6.07, 6.45) is -2.30. The Hall–Kier alpha value is -6.69. The highest BCUT2D eigenvalue weighted by molar-refractivity contribution is 7.92. The van der Waals surface area contributed by atoms with Crippen LogP contribution in [0.1, 0.15) is 37.5 Å². The number of thiazole rings is 1. The van der Waals surface area contributed by atoms with Crippen LogP contribution in [0.4, 0.5) is 9.93 Å². The summed E-state index contributed by atoms with van der Waals surface area (Å²) in [5, 5.41) is 27.0. The average Bonchev–Trinajstić information content (AvgIpc) is 3.95. The van der Waals surface area contributed by atoms with Gasteiger partial charge in [0.15, 0.2) is 5.13 Å². The minimum Gasteiger partial charge on any atom is -0.497 e. The number of tetrazole rings is 1. The monoisotopic (exact) mass is 985 g/mol. The number of sulfonamides is 2. The van der Waals surface area contributed by atoms with E-state index in [1.165, 1.54) is 42.5 Å². The molecule has 0 aliphatic heterocycles. The third kappa shape index (κ3) is 11.7. The zero-order chi connectivity index (χ0) is 48.8. The number of hydrogen-bond acceptors (Lipinski definition) is 16. The Kier molecular flexibility index (Phi) is 15.0. The number of anilines is 1. The first-order valence-electron chi connectivity index (χ1n) is 21.0. The van der Waals surface area contributed by atoms with Gasteiger partial charge in [-0.25, -0.2) is 31.3 Å². The molecule has 7 rings (SSSR count). The Balaban J connectivity index is 1.44. The number of aliphatic hydroxyl groups is 1. The van der Waals surface area contributed by atoms with Gasteiger partial charge >= 0.3 is 6.09 Å². The quantitative estimate of drug-likeness (QED) is 0.0744. The van der Waals surface area contributed by atoms with Crippen LogP contribution in [0, 0.1) is 0 Å². The summed E-state index contributed by atoms with van der Waals surface area (Å²) in [5.74, 6) is 1.48. The van der Waals surface area contributed by atoms with Gasteiger partial charge in [0, 0.05) is 31.7 Å². The highest BCUT2D eigenvalue weighted by atomic mass is 32.2. The molecule has 0 aliphatic rings. The number of fused-ring (bicyclic) bond motifs is 1. The molecule has 1 amide bonds. The van der Waals surface area contributed by atoms with E-state index in [4.69, 9.17) is 29.8 Å². The number of methoxy groups -OCH3 is 3. The van der Waals surface area contributed by atoms with Crippen LogP contribution in [-0.2, 0) is 44.4 Å². The number of rotatable bonds is 19. The highest BCUT2D eigenvalue weighted by Gasteiger charge is 2.38. The number of nitrogen functional groups attached to an aromatic ring is 1. The fraction of sp³-hybridized carbons (Fsp3) is 0.283. The maximum absolute atomic E-state index is 16.0. The van der Waals surface area contributed by atoms with Gasteiger partial charge in [0.25, 0.3) is 0 Å². The molecule has 5 aromatic carbocycles. The number of aliphatic hydroxyl groups excluding tert-OH is 1. The number of hydrogen-bond donors (Lipinski definition) is 4. The normalized spacial score (nSPS) is 12.5. The van der Waals surface area contributed by atoms with Crippen LogP contribution >= 0.6 is 11.3 Å². The van der Waals surface area contributed by atoms with Crippen LogP contribution < -0.4 is 30.0 Å². The number of carbonyl (C=O) groups excluding carboxylic acids is 1. The third-order valence-electron chi connectivity index (χ3n) is 10.3.